The van der Waals surface area contributed by atoms with Gasteiger partial charge >= 0.3 is 0 Å². The Bertz CT molecular complexity index is 1350. The second-order valence-electron chi connectivity index (χ2n) is 6.75. The van der Waals surface area contributed by atoms with Crippen LogP contribution in [0.4, 0.5) is 10.1 Å². The SMILES string of the molecule is Cc1nc(C)c(C(=O)Nc2ccc(F)c(-c3cn4cc(C#CCCO)cnc4n3)c2)o1. The fraction of sp³-hybridized carbons (Fsp3) is 0.182. The summed E-state index contributed by atoms with van der Waals surface area (Å²) in [5, 5.41) is 11.5. The molecule has 0 aliphatic heterocycles. The second kappa shape index (κ2) is 8.38. The number of aromatic nitrogens is 4. The minimum Gasteiger partial charge on any atom is -0.436 e. The van der Waals surface area contributed by atoms with E-state index in [4.69, 9.17) is 9.52 Å². The number of amides is 1. The summed E-state index contributed by atoms with van der Waals surface area (Å²) in [6.45, 7) is 3.31. The molecule has 1 aromatic carbocycles. The van der Waals surface area contributed by atoms with Gasteiger partial charge in [-0.2, -0.15) is 0 Å². The van der Waals surface area contributed by atoms with Gasteiger partial charge in [-0.15, -0.1) is 0 Å². The molecule has 0 fully saturated rings. The number of carbonyl (C=O) groups is 1. The standard InChI is InChI=1S/C22H18FN5O3/c1-13-20(31-14(2)25-13)21(30)26-16-6-7-18(23)17(9-16)19-12-28-11-15(5-3-4-8-29)10-24-22(28)27-19/h6-7,9-12,29H,4,8H2,1-2H3,(H,26,30). The van der Waals surface area contributed by atoms with Gasteiger partial charge in [-0.05, 0) is 25.1 Å². The third kappa shape index (κ3) is 4.29. The van der Waals surface area contributed by atoms with Crippen LogP contribution in [0.15, 0.2) is 41.2 Å². The molecule has 2 N–H and O–H groups in total. The molecule has 4 rings (SSSR count). The summed E-state index contributed by atoms with van der Waals surface area (Å²) in [6.07, 6.45) is 5.28. The summed E-state index contributed by atoms with van der Waals surface area (Å²) < 4.78 is 21.5. The number of hydrogen-bond donors (Lipinski definition) is 2. The number of anilines is 1. The van der Waals surface area contributed by atoms with E-state index in [0.29, 0.717) is 40.7 Å². The zero-order chi connectivity index (χ0) is 22.0. The van der Waals surface area contributed by atoms with Gasteiger partial charge < -0.3 is 14.8 Å². The topological polar surface area (TPSA) is 106 Å². The van der Waals surface area contributed by atoms with Crippen LogP contribution in [0.2, 0.25) is 0 Å². The Labute approximate surface area is 176 Å². The quantitative estimate of drug-likeness (QED) is 0.493. The molecule has 0 atom stereocenters. The molecule has 0 saturated heterocycles. The van der Waals surface area contributed by atoms with Crippen molar-refractivity contribution in [1.82, 2.24) is 19.4 Å². The molecule has 8 nitrogen and oxygen atoms in total. The highest BCUT2D eigenvalue weighted by atomic mass is 19.1. The number of aryl methyl sites for hydroxylation is 2. The third-order valence-corrected chi connectivity index (χ3v) is 4.39. The third-order valence-electron chi connectivity index (χ3n) is 4.39. The lowest BCUT2D eigenvalue weighted by atomic mass is 10.1. The minimum absolute atomic E-state index is 0.0142. The normalized spacial score (nSPS) is 10.7. The van der Waals surface area contributed by atoms with Gasteiger partial charge in [0.05, 0.1) is 23.6 Å². The van der Waals surface area contributed by atoms with E-state index in [1.807, 2.05) is 0 Å². The van der Waals surface area contributed by atoms with Crippen LogP contribution >= 0.6 is 0 Å². The molecule has 31 heavy (non-hydrogen) atoms. The number of nitrogens with one attached hydrogen (secondary N) is 1. The van der Waals surface area contributed by atoms with Gasteiger partial charge in [0.15, 0.2) is 5.89 Å². The highest BCUT2D eigenvalue weighted by Gasteiger charge is 2.17. The van der Waals surface area contributed by atoms with Crippen LogP contribution in [0.3, 0.4) is 0 Å². The summed E-state index contributed by atoms with van der Waals surface area (Å²) >= 11 is 0. The second-order valence-corrected chi connectivity index (χ2v) is 6.75. The molecule has 0 saturated carbocycles. The first kappa shape index (κ1) is 20.3. The van der Waals surface area contributed by atoms with Crippen LogP contribution in [0, 0.1) is 31.5 Å². The number of imidazole rings is 1. The molecule has 156 valence electrons. The van der Waals surface area contributed by atoms with Crippen molar-refractivity contribution in [3.8, 4) is 23.1 Å². The summed E-state index contributed by atoms with van der Waals surface area (Å²) in [6, 6.07) is 4.21. The van der Waals surface area contributed by atoms with Crippen molar-refractivity contribution in [3.05, 3.63) is 65.5 Å². The van der Waals surface area contributed by atoms with Crippen molar-refractivity contribution in [2.45, 2.75) is 20.3 Å². The van der Waals surface area contributed by atoms with Gasteiger partial charge in [-0.25, -0.2) is 19.3 Å². The van der Waals surface area contributed by atoms with Crippen molar-refractivity contribution in [1.29, 1.82) is 0 Å². The van der Waals surface area contributed by atoms with Gasteiger partial charge in [-0.3, -0.25) is 9.20 Å². The Hall–Kier alpha value is -4.03. The predicted octanol–water partition coefficient (Wildman–Crippen LogP) is 3.13. The molecule has 0 aliphatic rings. The fourth-order valence-corrected chi connectivity index (χ4v) is 3.03. The Morgan fingerprint density at radius 1 is 1.29 bits per heavy atom. The van der Waals surface area contributed by atoms with E-state index in [2.05, 4.69) is 32.1 Å². The van der Waals surface area contributed by atoms with Crippen LogP contribution in [0.25, 0.3) is 17.0 Å². The van der Waals surface area contributed by atoms with Crippen molar-refractivity contribution in [3.63, 3.8) is 0 Å². The highest BCUT2D eigenvalue weighted by Crippen LogP contribution is 2.26. The average molecular weight is 419 g/mol. The van der Waals surface area contributed by atoms with Gasteiger partial charge in [0.2, 0.25) is 11.5 Å². The first-order chi connectivity index (χ1) is 14.9. The zero-order valence-corrected chi connectivity index (χ0v) is 16.8. The molecule has 4 aromatic rings. The van der Waals surface area contributed by atoms with Crippen LogP contribution < -0.4 is 5.32 Å². The Morgan fingerprint density at radius 2 is 2.13 bits per heavy atom. The average Bonchev–Trinajstić information content (AvgIpc) is 3.31. The van der Waals surface area contributed by atoms with Crippen LogP contribution in [-0.2, 0) is 0 Å². The Kier molecular flexibility index (Phi) is 5.47. The van der Waals surface area contributed by atoms with Gasteiger partial charge in [0, 0.05) is 43.2 Å². The summed E-state index contributed by atoms with van der Waals surface area (Å²) in [5.41, 5.74) is 2.07. The predicted molar refractivity (Wildman–Crippen MR) is 111 cm³/mol. The largest absolute Gasteiger partial charge is 0.436 e. The highest BCUT2D eigenvalue weighted by molar-refractivity contribution is 6.03. The van der Waals surface area contributed by atoms with Crippen LogP contribution in [0.1, 0.15) is 34.1 Å². The van der Waals surface area contributed by atoms with Crippen molar-refractivity contribution in [2.75, 3.05) is 11.9 Å². The molecule has 0 bridgehead atoms. The molecule has 1 amide bonds. The van der Waals surface area contributed by atoms with Crippen molar-refractivity contribution in [2.24, 2.45) is 0 Å². The van der Waals surface area contributed by atoms with E-state index in [0.717, 1.165) is 0 Å². The number of rotatable bonds is 4. The maximum absolute atomic E-state index is 14.5. The van der Waals surface area contributed by atoms with E-state index < -0.39 is 11.7 Å². The lowest BCUT2D eigenvalue weighted by molar-refractivity contribution is 0.0994. The van der Waals surface area contributed by atoms with E-state index in [-0.39, 0.29) is 17.9 Å². The zero-order valence-electron chi connectivity index (χ0n) is 16.8. The number of aliphatic hydroxyl groups excluding tert-OH is 1. The number of carbonyl (C=O) groups excluding carboxylic acids is 1. The summed E-state index contributed by atoms with van der Waals surface area (Å²) in [5.74, 6) is 5.63. The van der Waals surface area contributed by atoms with Crippen molar-refractivity contribution < 1.29 is 18.7 Å². The maximum Gasteiger partial charge on any atom is 0.293 e. The Morgan fingerprint density at radius 3 is 2.87 bits per heavy atom. The number of benzene rings is 1. The molecule has 3 aromatic heterocycles. The molecule has 0 aliphatic carbocycles. The Balaban J connectivity index is 1.63. The number of aliphatic hydroxyl groups is 1. The lowest BCUT2D eigenvalue weighted by Crippen LogP contribution is -2.12. The summed E-state index contributed by atoms with van der Waals surface area (Å²) in [4.78, 5) is 25.1. The number of hydrogen-bond acceptors (Lipinski definition) is 6. The van der Waals surface area contributed by atoms with E-state index in [9.17, 15) is 9.18 Å². The molecule has 3 heterocycles. The number of nitrogens with zero attached hydrogens (tertiary/aromatic N) is 4. The minimum atomic E-state index is -0.490. The molecule has 0 unspecified atom stereocenters. The van der Waals surface area contributed by atoms with Gasteiger partial charge in [0.25, 0.3) is 5.91 Å². The first-order valence-electron chi connectivity index (χ1n) is 9.44. The monoisotopic (exact) mass is 419 g/mol. The van der Waals surface area contributed by atoms with E-state index >= 15 is 0 Å². The molecule has 0 radical (unpaired) electrons. The van der Waals surface area contributed by atoms with Gasteiger partial charge in [0.1, 0.15) is 5.82 Å². The lowest BCUT2D eigenvalue weighted by Gasteiger charge is -2.06. The number of fused-ring (bicyclic) bond motifs is 1. The van der Waals surface area contributed by atoms with E-state index in [1.54, 1.807) is 36.8 Å². The molecule has 0 spiro atoms. The maximum atomic E-state index is 14.5. The van der Waals surface area contributed by atoms with Crippen molar-refractivity contribution >= 4 is 17.4 Å². The van der Waals surface area contributed by atoms with E-state index in [1.165, 1.54) is 18.2 Å². The van der Waals surface area contributed by atoms with Crippen LogP contribution in [-0.4, -0.2) is 37.0 Å². The first-order valence-corrected chi connectivity index (χ1v) is 9.44. The number of halogens is 1. The smallest absolute Gasteiger partial charge is 0.293 e. The summed E-state index contributed by atoms with van der Waals surface area (Å²) in [7, 11) is 0. The molecular formula is C22H18FN5O3. The molecular weight excluding hydrogens is 401 g/mol. The van der Waals surface area contributed by atoms with Gasteiger partial charge in [-0.1, -0.05) is 11.8 Å². The van der Waals surface area contributed by atoms with Crippen LogP contribution in [0.5, 0.6) is 0 Å². The molecule has 9 heteroatoms. The number of oxazole rings is 1. The fourth-order valence-electron chi connectivity index (χ4n) is 3.03.